The van der Waals surface area contributed by atoms with Gasteiger partial charge in [0.25, 0.3) is 0 Å². The summed E-state index contributed by atoms with van der Waals surface area (Å²) >= 11 is 0. The third-order valence-electron chi connectivity index (χ3n) is 5.47. The Balaban J connectivity index is 1.64. The van der Waals surface area contributed by atoms with Gasteiger partial charge in [0, 0.05) is 31.9 Å². The van der Waals surface area contributed by atoms with Crippen molar-refractivity contribution >= 4 is 17.7 Å². The molecule has 3 N–H and O–H groups in total. The largest absolute Gasteiger partial charge is 0.368 e. The molecule has 1 saturated carbocycles. The van der Waals surface area contributed by atoms with Gasteiger partial charge in [0.2, 0.25) is 17.7 Å². The number of hydrogen-bond acceptors (Lipinski definition) is 4. The molecule has 1 atom stereocenters. The molecule has 140 valence electrons. The van der Waals surface area contributed by atoms with Crippen LogP contribution in [0.5, 0.6) is 0 Å². The summed E-state index contributed by atoms with van der Waals surface area (Å²) in [5.74, 6) is -1.21. The van der Waals surface area contributed by atoms with Gasteiger partial charge >= 0.3 is 0 Å². The minimum atomic E-state index is -0.965. The number of nitrogens with one attached hydrogen (secondary N) is 1. The normalized spacial score (nSPS) is 22.7. The third kappa shape index (κ3) is 4.03. The number of nitrogens with zero attached hydrogens (tertiary/aromatic N) is 2. The first-order valence-electron chi connectivity index (χ1n) is 9.29. The van der Waals surface area contributed by atoms with Crippen LogP contribution in [0.4, 0.5) is 0 Å². The van der Waals surface area contributed by atoms with E-state index in [2.05, 4.69) is 10.3 Å². The molecular formula is C19H26N4O3. The van der Waals surface area contributed by atoms with E-state index < -0.39 is 17.4 Å². The molecule has 0 radical (unpaired) electrons. The van der Waals surface area contributed by atoms with Crippen molar-refractivity contribution in [2.24, 2.45) is 11.7 Å². The molecule has 0 spiro atoms. The van der Waals surface area contributed by atoms with E-state index in [1.807, 2.05) is 12.1 Å². The van der Waals surface area contributed by atoms with Crippen molar-refractivity contribution in [2.45, 2.75) is 57.0 Å². The Bertz CT molecular complexity index is 669. The highest BCUT2D eigenvalue weighted by Gasteiger charge is 2.42. The fourth-order valence-corrected chi connectivity index (χ4v) is 3.92. The standard InChI is InChI=1S/C19H26N4O3/c20-18(26)19(7-3-1-2-4-8-19)22-17(25)15-10-16(24)23(13-15)12-14-6-5-9-21-11-14/h5-6,9,11,15H,1-4,7-8,10,12-13H2,(H2,20,26)(H,22,25). The minimum Gasteiger partial charge on any atom is -0.368 e. The molecule has 7 heteroatoms. The fraction of sp³-hybridized carbons (Fsp3) is 0.579. The second kappa shape index (κ2) is 7.85. The number of hydrogen-bond donors (Lipinski definition) is 2. The van der Waals surface area contributed by atoms with Crippen LogP contribution in [-0.2, 0) is 20.9 Å². The number of rotatable bonds is 5. The number of likely N-dealkylation sites (tertiary alicyclic amines) is 1. The van der Waals surface area contributed by atoms with Crippen molar-refractivity contribution in [1.29, 1.82) is 0 Å². The van der Waals surface area contributed by atoms with Gasteiger partial charge in [-0.25, -0.2) is 0 Å². The summed E-state index contributed by atoms with van der Waals surface area (Å²) in [5.41, 5.74) is 5.60. The summed E-state index contributed by atoms with van der Waals surface area (Å²) in [7, 11) is 0. The summed E-state index contributed by atoms with van der Waals surface area (Å²) in [6.07, 6.45) is 8.57. The van der Waals surface area contributed by atoms with E-state index in [1.54, 1.807) is 17.3 Å². The van der Waals surface area contributed by atoms with Gasteiger partial charge in [-0.1, -0.05) is 31.7 Å². The van der Waals surface area contributed by atoms with Crippen molar-refractivity contribution in [3.05, 3.63) is 30.1 Å². The highest BCUT2D eigenvalue weighted by molar-refractivity contribution is 5.94. The molecule has 7 nitrogen and oxygen atoms in total. The molecule has 26 heavy (non-hydrogen) atoms. The van der Waals surface area contributed by atoms with Crippen LogP contribution in [0.1, 0.15) is 50.5 Å². The third-order valence-corrected chi connectivity index (χ3v) is 5.47. The van der Waals surface area contributed by atoms with Gasteiger partial charge in [0.15, 0.2) is 0 Å². The number of pyridine rings is 1. The summed E-state index contributed by atoms with van der Waals surface area (Å²) in [5, 5.41) is 2.91. The molecule has 1 aliphatic heterocycles. The molecule has 1 aromatic rings. The molecule has 1 aliphatic carbocycles. The van der Waals surface area contributed by atoms with Crippen LogP contribution in [-0.4, -0.2) is 39.7 Å². The highest BCUT2D eigenvalue weighted by atomic mass is 16.2. The lowest BCUT2D eigenvalue weighted by Crippen LogP contribution is -2.58. The van der Waals surface area contributed by atoms with Crippen molar-refractivity contribution in [1.82, 2.24) is 15.2 Å². The van der Waals surface area contributed by atoms with Crippen molar-refractivity contribution < 1.29 is 14.4 Å². The Hall–Kier alpha value is -2.44. The monoisotopic (exact) mass is 358 g/mol. The first-order valence-corrected chi connectivity index (χ1v) is 9.29. The van der Waals surface area contributed by atoms with Crippen LogP contribution < -0.4 is 11.1 Å². The van der Waals surface area contributed by atoms with Gasteiger partial charge in [0.05, 0.1) is 5.92 Å². The van der Waals surface area contributed by atoms with Crippen LogP contribution in [0.2, 0.25) is 0 Å². The summed E-state index contributed by atoms with van der Waals surface area (Å²) in [4.78, 5) is 42.9. The average molecular weight is 358 g/mol. The Morgan fingerprint density at radius 1 is 1.27 bits per heavy atom. The summed E-state index contributed by atoms with van der Waals surface area (Å²) < 4.78 is 0. The number of aromatic nitrogens is 1. The lowest BCUT2D eigenvalue weighted by molar-refractivity contribution is -0.134. The second-order valence-corrected chi connectivity index (χ2v) is 7.39. The first kappa shape index (κ1) is 18.4. The molecule has 3 amide bonds. The van der Waals surface area contributed by atoms with Crippen molar-refractivity contribution in [2.75, 3.05) is 6.54 Å². The predicted octanol–water partition coefficient (Wildman–Crippen LogP) is 1.12. The Labute approximate surface area is 153 Å². The topological polar surface area (TPSA) is 105 Å². The molecule has 2 aliphatic rings. The van der Waals surface area contributed by atoms with E-state index in [4.69, 9.17) is 5.73 Å². The second-order valence-electron chi connectivity index (χ2n) is 7.39. The quantitative estimate of drug-likeness (QED) is 0.770. The first-order chi connectivity index (χ1) is 12.5. The summed E-state index contributed by atoms with van der Waals surface area (Å²) in [6.45, 7) is 0.797. The van der Waals surface area contributed by atoms with Crippen molar-refractivity contribution in [3.63, 3.8) is 0 Å². The van der Waals surface area contributed by atoms with Gasteiger partial charge < -0.3 is 16.0 Å². The van der Waals surface area contributed by atoms with Crippen LogP contribution >= 0.6 is 0 Å². The molecule has 2 heterocycles. The molecular weight excluding hydrogens is 332 g/mol. The van der Waals surface area contributed by atoms with Crippen LogP contribution in [0.25, 0.3) is 0 Å². The van der Waals surface area contributed by atoms with Gasteiger partial charge in [-0.05, 0) is 24.5 Å². The fourth-order valence-electron chi connectivity index (χ4n) is 3.92. The maximum atomic E-state index is 12.8. The van der Waals surface area contributed by atoms with E-state index in [1.165, 1.54) is 0 Å². The molecule has 3 rings (SSSR count). The summed E-state index contributed by atoms with van der Waals surface area (Å²) in [6, 6.07) is 3.73. The number of nitrogens with two attached hydrogens (primary N) is 1. The lowest BCUT2D eigenvalue weighted by atomic mass is 9.88. The molecule has 1 unspecified atom stereocenters. The van der Waals surface area contributed by atoms with Crippen molar-refractivity contribution in [3.8, 4) is 0 Å². The lowest BCUT2D eigenvalue weighted by Gasteiger charge is -2.31. The molecule has 2 fully saturated rings. The number of primary amides is 1. The zero-order valence-corrected chi connectivity index (χ0v) is 14.9. The SMILES string of the molecule is NC(=O)C1(NC(=O)C2CC(=O)N(Cc3cccnc3)C2)CCCCCC1. The van der Waals surface area contributed by atoms with E-state index >= 15 is 0 Å². The Morgan fingerprint density at radius 3 is 2.62 bits per heavy atom. The number of carbonyl (C=O) groups is 3. The maximum Gasteiger partial charge on any atom is 0.243 e. The molecule has 0 bridgehead atoms. The molecule has 0 aromatic carbocycles. The van der Waals surface area contributed by atoms with Crippen LogP contribution in [0, 0.1) is 5.92 Å². The molecule has 1 saturated heterocycles. The number of amides is 3. The van der Waals surface area contributed by atoms with Gasteiger partial charge in [-0.2, -0.15) is 0 Å². The number of carbonyl (C=O) groups excluding carboxylic acids is 3. The van der Waals surface area contributed by atoms with Gasteiger partial charge in [0.1, 0.15) is 5.54 Å². The minimum absolute atomic E-state index is 0.0528. The van der Waals surface area contributed by atoms with Crippen LogP contribution in [0.15, 0.2) is 24.5 Å². The zero-order chi connectivity index (χ0) is 18.6. The Morgan fingerprint density at radius 2 is 2.00 bits per heavy atom. The van der Waals surface area contributed by atoms with E-state index in [9.17, 15) is 14.4 Å². The Kier molecular flexibility index (Phi) is 5.54. The predicted molar refractivity (Wildman–Crippen MR) is 95.5 cm³/mol. The average Bonchev–Trinajstić information content (AvgIpc) is 2.83. The van der Waals surface area contributed by atoms with E-state index in [-0.39, 0.29) is 18.2 Å². The highest BCUT2D eigenvalue weighted by Crippen LogP contribution is 2.28. The smallest absolute Gasteiger partial charge is 0.243 e. The van der Waals surface area contributed by atoms with E-state index in [0.717, 1.165) is 31.2 Å². The molecule has 1 aromatic heterocycles. The van der Waals surface area contributed by atoms with E-state index in [0.29, 0.717) is 25.9 Å². The van der Waals surface area contributed by atoms with Gasteiger partial charge in [-0.3, -0.25) is 19.4 Å². The zero-order valence-electron chi connectivity index (χ0n) is 14.9. The van der Waals surface area contributed by atoms with Crippen LogP contribution in [0.3, 0.4) is 0 Å². The maximum absolute atomic E-state index is 12.8. The van der Waals surface area contributed by atoms with Gasteiger partial charge in [-0.15, -0.1) is 0 Å².